The molecular weight excluding hydrogens is 202 g/mol. The predicted octanol–water partition coefficient (Wildman–Crippen LogP) is 2.43. The van der Waals surface area contributed by atoms with Gasteiger partial charge >= 0.3 is 0 Å². The van der Waals surface area contributed by atoms with Crippen molar-refractivity contribution < 1.29 is 4.79 Å². The van der Waals surface area contributed by atoms with Gasteiger partial charge in [-0.05, 0) is 24.0 Å². The van der Waals surface area contributed by atoms with Crippen LogP contribution in [0.4, 0.5) is 11.5 Å². The fourth-order valence-corrected chi connectivity index (χ4v) is 1.19. The molecule has 0 aliphatic rings. The number of amides is 1. The van der Waals surface area contributed by atoms with Crippen molar-refractivity contribution in [3.05, 3.63) is 18.3 Å². The lowest BCUT2D eigenvalue weighted by Gasteiger charge is -2.17. The average molecular weight is 221 g/mol. The van der Waals surface area contributed by atoms with Gasteiger partial charge in [-0.2, -0.15) is 0 Å². The molecule has 4 heteroatoms. The van der Waals surface area contributed by atoms with Gasteiger partial charge in [-0.15, -0.1) is 0 Å². The van der Waals surface area contributed by atoms with Crippen molar-refractivity contribution in [1.82, 2.24) is 4.98 Å². The van der Waals surface area contributed by atoms with Crippen molar-refractivity contribution in [2.24, 2.45) is 5.41 Å². The number of nitrogen functional groups attached to an aromatic ring is 1. The highest BCUT2D eigenvalue weighted by Gasteiger charge is 2.12. The van der Waals surface area contributed by atoms with Crippen LogP contribution in [0.2, 0.25) is 0 Å². The van der Waals surface area contributed by atoms with E-state index in [0.29, 0.717) is 17.9 Å². The van der Waals surface area contributed by atoms with E-state index >= 15 is 0 Å². The second-order valence-corrected chi connectivity index (χ2v) is 5.08. The van der Waals surface area contributed by atoms with Gasteiger partial charge < -0.3 is 11.1 Å². The van der Waals surface area contributed by atoms with Crippen LogP contribution in [0.1, 0.15) is 33.6 Å². The maximum absolute atomic E-state index is 11.6. The van der Waals surface area contributed by atoms with E-state index < -0.39 is 0 Å². The molecule has 0 spiro atoms. The highest BCUT2D eigenvalue weighted by molar-refractivity contribution is 5.90. The van der Waals surface area contributed by atoms with E-state index in [2.05, 4.69) is 31.1 Å². The van der Waals surface area contributed by atoms with E-state index in [9.17, 15) is 4.79 Å². The topological polar surface area (TPSA) is 68.0 Å². The average Bonchev–Trinajstić information content (AvgIpc) is 2.18. The molecule has 1 rings (SSSR count). The lowest BCUT2D eigenvalue weighted by Crippen LogP contribution is -2.15. The van der Waals surface area contributed by atoms with Crippen molar-refractivity contribution in [2.75, 3.05) is 11.1 Å². The zero-order valence-corrected chi connectivity index (χ0v) is 10.1. The van der Waals surface area contributed by atoms with E-state index in [-0.39, 0.29) is 11.3 Å². The summed E-state index contributed by atoms with van der Waals surface area (Å²) in [4.78, 5) is 15.5. The molecule has 3 N–H and O–H groups in total. The molecule has 0 aliphatic carbocycles. The van der Waals surface area contributed by atoms with Crippen LogP contribution in [0.3, 0.4) is 0 Å². The molecule has 1 aromatic rings. The Morgan fingerprint density at radius 2 is 2.12 bits per heavy atom. The largest absolute Gasteiger partial charge is 0.384 e. The van der Waals surface area contributed by atoms with Crippen LogP contribution in [-0.4, -0.2) is 10.9 Å². The number of nitrogens with zero attached hydrogens (tertiary/aromatic N) is 1. The second-order valence-electron chi connectivity index (χ2n) is 5.08. The first-order valence-corrected chi connectivity index (χ1v) is 5.38. The fraction of sp³-hybridized carbons (Fsp3) is 0.500. The smallest absolute Gasteiger partial charge is 0.224 e. The molecule has 0 fully saturated rings. The van der Waals surface area contributed by atoms with E-state index in [4.69, 9.17) is 5.73 Å². The molecule has 0 bridgehead atoms. The molecule has 0 unspecified atom stereocenters. The summed E-state index contributed by atoms with van der Waals surface area (Å²) >= 11 is 0. The summed E-state index contributed by atoms with van der Waals surface area (Å²) < 4.78 is 0. The molecule has 0 aliphatic heterocycles. The Kier molecular flexibility index (Phi) is 3.88. The Bertz CT molecular complexity index is 352. The quantitative estimate of drug-likeness (QED) is 0.823. The van der Waals surface area contributed by atoms with Crippen molar-refractivity contribution in [1.29, 1.82) is 0 Å². The highest BCUT2D eigenvalue weighted by Crippen LogP contribution is 2.20. The summed E-state index contributed by atoms with van der Waals surface area (Å²) in [5.74, 6) is 0.467. The molecule has 1 aromatic heterocycles. The Morgan fingerprint density at radius 1 is 1.44 bits per heavy atom. The summed E-state index contributed by atoms with van der Waals surface area (Å²) in [5, 5.41) is 2.78. The normalized spacial score (nSPS) is 11.2. The van der Waals surface area contributed by atoms with Gasteiger partial charge in [0.25, 0.3) is 0 Å². The number of hydrogen-bond donors (Lipinski definition) is 2. The molecular formula is C12H19N3O. The number of nitrogens with two attached hydrogens (primary N) is 1. The Balaban J connectivity index is 2.43. The number of rotatable bonds is 3. The van der Waals surface area contributed by atoms with E-state index in [1.54, 1.807) is 18.3 Å². The predicted molar refractivity (Wildman–Crippen MR) is 66.0 cm³/mol. The first kappa shape index (κ1) is 12.5. The van der Waals surface area contributed by atoms with Crippen LogP contribution in [0, 0.1) is 5.41 Å². The molecule has 1 heterocycles. The van der Waals surface area contributed by atoms with Gasteiger partial charge in [0.2, 0.25) is 5.91 Å². The Labute approximate surface area is 96.3 Å². The van der Waals surface area contributed by atoms with E-state index in [1.165, 1.54) is 0 Å². The van der Waals surface area contributed by atoms with Crippen LogP contribution in [0.25, 0.3) is 0 Å². The molecule has 0 radical (unpaired) electrons. The second kappa shape index (κ2) is 4.96. The fourth-order valence-electron chi connectivity index (χ4n) is 1.19. The maximum Gasteiger partial charge on any atom is 0.224 e. The summed E-state index contributed by atoms with van der Waals surface area (Å²) in [6.45, 7) is 6.35. The van der Waals surface area contributed by atoms with E-state index in [1.807, 2.05) is 0 Å². The lowest BCUT2D eigenvalue weighted by atomic mass is 9.90. The molecule has 0 saturated carbocycles. The maximum atomic E-state index is 11.6. The standard InChI is InChI=1S/C12H19N3O/c1-12(2,3)7-6-11(16)15-9-4-5-10(13)14-8-9/h4-5,8H,6-7H2,1-3H3,(H2,13,14)(H,15,16). The van der Waals surface area contributed by atoms with Gasteiger partial charge in [0.05, 0.1) is 11.9 Å². The first-order valence-electron chi connectivity index (χ1n) is 5.38. The molecule has 0 saturated heterocycles. The van der Waals surface area contributed by atoms with Crippen LogP contribution in [0.5, 0.6) is 0 Å². The molecule has 0 atom stereocenters. The molecule has 4 nitrogen and oxygen atoms in total. The third-order valence-electron chi connectivity index (χ3n) is 2.17. The zero-order chi connectivity index (χ0) is 12.2. The van der Waals surface area contributed by atoms with Gasteiger partial charge in [-0.3, -0.25) is 4.79 Å². The SMILES string of the molecule is CC(C)(C)CCC(=O)Nc1ccc(N)nc1. The lowest BCUT2D eigenvalue weighted by molar-refractivity contribution is -0.116. The summed E-state index contributed by atoms with van der Waals surface area (Å²) in [6.07, 6.45) is 2.94. The molecule has 0 aromatic carbocycles. The van der Waals surface area contributed by atoms with Crippen LogP contribution in [-0.2, 0) is 4.79 Å². The third-order valence-corrected chi connectivity index (χ3v) is 2.17. The van der Waals surface area contributed by atoms with Crippen molar-refractivity contribution in [3.8, 4) is 0 Å². The number of pyridine rings is 1. The van der Waals surface area contributed by atoms with Crippen molar-refractivity contribution in [2.45, 2.75) is 33.6 Å². The summed E-state index contributed by atoms with van der Waals surface area (Å²) in [6, 6.07) is 3.41. The Hall–Kier alpha value is -1.58. The molecule has 88 valence electrons. The highest BCUT2D eigenvalue weighted by atomic mass is 16.1. The van der Waals surface area contributed by atoms with Crippen molar-refractivity contribution in [3.63, 3.8) is 0 Å². The number of carbonyl (C=O) groups excluding carboxylic acids is 1. The van der Waals surface area contributed by atoms with Crippen LogP contribution >= 0.6 is 0 Å². The minimum absolute atomic E-state index is 0.0153. The van der Waals surface area contributed by atoms with Gasteiger partial charge in [0.15, 0.2) is 0 Å². The summed E-state index contributed by atoms with van der Waals surface area (Å²) in [5.41, 5.74) is 6.31. The number of anilines is 2. The van der Waals surface area contributed by atoms with Crippen LogP contribution < -0.4 is 11.1 Å². The van der Waals surface area contributed by atoms with Crippen LogP contribution in [0.15, 0.2) is 18.3 Å². The number of nitrogens with one attached hydrogen (secondary N) is 1. The summed E-state index contributed by atoms with van der Waals surface area (Å²) in [7, 11) is 0. The van der Waals surface area contributed by atoms with Gasteiger partial charge in [0.1, 0.15) is 5.82 Å². The third kappa shape index (κ3) is 4.77. The first-order chi connectivity index (χ1) is 7.37. The Morgan fingerprint density at radius 3 is 2.62 bits per heavy atom. The number of aromatic nitrogens is 1. The van der Waals surface area contributed by atoms with Gasteiger partial charge in [0, 0.05) is 6.42 Å². The minimum Gasteiger partial charge on any atom is -0.384 e. The van der Waals surface area contributed by atoms with Gasteiger partial charge in [-0.25, -0.2) is 4.98 Å². The minimum atomic E-state index is 0.0153. The van der Waals surface area contributed by atoms with Crippen molar-refractivity contribution >= 4 is 17.4 Å². The molecule has 16 heavy (non-hydrogen) atoms. The van der Waals surface area contributed by atoms with E-state index in [0.717, 1.165) is 6.42 Å². The number of carbonyl (C=O) groups is 1. The molecule has 1 amide bonds. The monoisotopic (exact) mass is 221 g/mol. The zero-order valence-electron chi connectivity index (χ0n) is 10.1. The van der Waals surface area contributed by atoms with Gasteiger partial charge in [-0.1, -0.05) is 20.8 Å². The number of hydrogen-bond acceptors (Lipinski definition) is 3.